The minimum atomic E-state index is -3.57. The second-order valence-corrected chi connectivity index (χ2v) is 9.23. The lowest BCUT2D eigenvalue weighted by molar-refractivity contribution is 0.269. The van der Waals surface area contributed by atoms with Crippen molar-refractivity contribution < 1.29 is 13.2 Å². The maximum Gasteiger partial charge on any atom is 0.261 e. The van der Waals surface area contributed by atoms with Gasteiger partial charge in [-0.2, -0.15) is 4.31 Å². The molecule has 0 saturated carbocycles. The molecule has 0 spiro atoms. The first-order valence-electron chi connectivity index (χ1n) is 9.52. The molecule has 29 heavy (non-hydrogen) atoms. The van der Waals surface area contributed by atoms with E-state index in [-0.39, 0.29) is 16.5 Å². The Morgan fingerprint density at radius 2 is 1.76 bits per heavy atom. The number of rotatable bonds is 4. The summed E-state index contributed by atoms with van der Waals surface area (Å²) in [5.41, 5.74) is 1.61. The number of fused-ring (bicyclic) bond motifs is 1. The third kappa shape index (κ3) is 3.65. The normalized spacial score (nSPS) is 16.2. The first-order chi connectivity index (χ1) is 13.9. The SMILES string of the molecule is COc1ccc(S(=O)(=O)N2CCC(n3cnc4ccc(C)cc4c3=O)CC2)cc1. The third-order valence-corrected chi connectivity index (χ3v) is 7.37. The average Bonchev–Trinajstić information content (AvgIpc) is 2.74. The standard InChI is InChI=1S/C21H23N3O4S/c1-15-3-8-20-19(13-15)21(25)24(14-22-20)16-9-11-23(12-10-16)29(26,27)18-6-4-17(28-2)5-7-18/h3-8,13-14,16H,9-12H2,1-2H3. The molecule has 0 unspecified atom stereocenters. The van der Waals surface area contributed by atoms with Crippen LogP contribution in [-0.4, -0.2) is 42.5 Å². The summed E-state index contributed by atoms with van der Waals surface area (Å²) in [7, 11) is -2.03. The molecule has 1 fully saturated rings. The van der Waals surface area contributed by atoms with Crippen LogP contribution in [0.3, 0.4) is 0 Å². The number of hydrogen-bond acceptors (Lipinski definition) is 5. The van der Waals surface area contributed by atoms with E-state index in [4.69, 9.17) is 4.74 Å². The molecule has 2 aromatic carbocycles. The number of methoxy groups -OCH3 is 1. The van der Waals surface area contributed by atoms with Gasteiger partial charge in [0.25, 0.3) is 5.56 Å². The smallest absolute Gasteiger partial charge is 0.261 e. The quantitative estimate of drug-likeness (QED) is 0.657. The molecule has 0 amide bonds. The monoisotopic (exact) mass is 413 g/mol. The summed E-state index contributed by atoms with van der Waals surface area (Å²) in [5, 5.41) is 0.598. The number of piperidine rings is 1. The first-order valence-corrected chi connectivity index (χ1v) is 11.0. The molecule has 3 aromatic rings. The van der Waals surface area contributed by atoms with Crippen molar-refractivity contribution in [1.82, 2.24) is 13.9 Å². The molecule has 0 radical (unpaired) electrons. The number of aromatic nitrogens is 2. The largest absolute Gasteiger partial charge is 0.497 e. The van der Waals surface area contributed by atoms with Gasteiger partial charge in [0.1, 0.15) is 5.75 Å². The summed E-state index contributed by atoms with van der Waals surface area (Å²) < 4.78 is 34.1. The van der Waals surface area contributed by atoms with Crippen LogP contribution in [0.5, 0.6) is 5.75 Å². The summed E-state index contributed by atoms with van der Waals surface area (Å²) in [6, 6.07) is 12.0. The summed E-state index contributed by atoms with van der Waals surface area (Å²) in [6.07, 6.45) is 2.71. The third-order valence-electron chi connectivity index (χ3n) is 5.45. The highest BCUT2D eigenvalue weighted by Gasteiger charge is 2.30. The van der Waals surface area contributed by atoms with Crippen LogP contribution in [0, 0.1) is 6.92 Å². The van der Waals surface area contributed by atoms with E-state index in [1.165, 1.54) is 4.31 Å². The Balaban J connectivity index is 1.54. The number of benzene rings is 2. The molecular weight excluding hydrogens is 390 g/mol. The van der Waals surface area contributed by atoms with Crippen molar-refractivity contribution in [1.29, 1.82) is 0 Å². The Bertz CT molecular complexity index is 1190. The zero-order valence-electron chi connectivity index (χ0n) is 16.4. The maximum atomic E-state index is 12.9. The van der Waals surface area contributed by atoms with E-state index >= 15 is 0 Å². The van der Waals surface area contributed by atoms with Crippen molar-refractivity contribution >= 4 is 20.9 Å². The van der Waals surface area contributed by atoms with Crippen molar-refractivity contribution in [3.05, 3.63) is 64.7 Å². The van der Waals surface area contributed by atoms with Gasteiger partial charge in [0.2, 0.25) is 10.0 Å². The maximum absolute atomic E-state index is 12.9. The average molecular weight is 413 g/mol. The molecule has 7 nitrogen and oxygen atoms in total. The van der Waals surface area contributed by atoms with Crippen LogP contribution in [0.2, 0.25) is 0 Å². The lowest BCUT2D eigenvalue weighted by atomic mass is 10.1. The van der Waals surface area contributed by atoms with Gasteiger partial charge in [-0.3, -0.25) is 9.36 Å². The van der Waals surface area contributed by atoms with Gasteiger partial charge in [-0.05, 0) is 56.2 Å². The van der Waals surface area contributed by atoms with Crippen molar-refractivity contribution in [2.24, 2.45) is 0 Å². The van der Waals surface area contributed by atoms with Crippen molar-refractivity contribution in [3.8, 4) is 5.75 Å². The van der Waals surface area contributed by atoms with Crippen molar-refractivity contribution in [2.75, 3.05) is 20.2 Å². The molecule has 1 aliphatic heterocycles. The first kappa shape index (κ1) is 19.6. The minimum absolute atomic E-state index is 0.0674. The number of hydrogen-bond donors (Lipinski definition) is 0. The molecule has 1 aliphatic rings. The molecule has 0 aliphatic carbocycles. The molecule has 8 heteroatoms. The zero-order valence-corrected chi connectivity index (χ0v) is 17.2. The van der Waals surface area contributed by atoms with Crippen LogP contribution >= 0.6 is 0 Å². The van der Waals surface area contributed by atoms with E-state index in [1.807, 2.05) is 25.1 Å². The number of nitrogens with zero attached hydrogens (tertiary/aromatic N) is 3. The fourth-order valence-corrected chi connectivity index (χ4v) is 5.24. The van der Waals surface area contributed by atoms with Gasteiger partial charge in [0.15, 0.2) is 0 Å². The summed E-state index contributed by atoms with van der Waals surface area (Å²) in [5.74, 6) is 0.612. The van der Waals surface area contributed by atoms with E-state index < -0.39 is 10.0 Å². The van der Waals surface area contributed by atoms with Gasteiger partial charge in [0.05, 0.1) is 29.2 Å². The van der Waals surface area contributed by atoms with Crippen LogP contribution < -0.4 is 10.3 Å². The second kappa shape index (κ2) is 7.61. The molecule has 0 bridgehead atoms. The molecule has 1 aromatic heterocycles. The van der Waals surface area contributed by atoms with Gasteiger partial charge in [0, 0.05) is 19.1 Å². The van der Waals surface area contributed by atoms with Gasteiger partial charge in [-0.15, -0.1) is 0 Å². The molecule has 2 heterocycles. The second-order valence-electron chi connectivity index (χ2n) is 7.29. The molecular formula is C21H23N3O4S. The highest BCUT2D eigenvalue weighted by atomic mass is 32.2. The van der Waals surface area contributed by atoms with E-state index in [9.17, 15) is 13.2 Å². The summed E-state index contributed by atoms with van der Waals surface area (Å²) in [4.78, 5) is 17.6. The highest BCUT2D eigenvalue weighted by molar-refractivity contribution is 7.89. The van der Waals surface area contributed by atoms with Crippen LogP contribution in [0.1, 0.15) is 24.4 Å². The van der Waals surface area contributed by atoms with E-state index in [0.717, 1.165) is 5.56 Å². The topological polar surface area (TPSA) is 81.5 Å². The Kier molecular flexibility index (Phi) is 5.14. The van der Waals surface area contributed by atoms with Crippen LogP contribution in [0.4, 0.5) is 0 Å². The lowest BCUT2D eigenvalue weighted by Crippen LogP contribution is -2.40. The molecule has 152 valence electrons. The predicted molar refractivity (Wildman–Crippen MR) is 111 cm³/mol. The number of ether oxygens (including phenoxy) is 1. The van der Waals surface area contributed by atoms with Gasteiger partial charge in [-0.25, -0.2) is 13.4 Å². The summed E-state index contributed by atoms with van der Waals surface area (Å²) >= 11 is 0. The fourth-order valence-electron chi connectivity index (χ4n) is 3.77. The predicted octanol–water partition coefficient (Wildman–Crippen LogP) is 2.74. The summed E-state index contributed by atoms with van der Waals surface area (Å²) in [6.45, 7) is 2.66. The minimum Gasteiger partial charge on any atom is -0.497 e. The Morgan fingerprint density at radius 1 is 1.07 bits per heavy atom. The zero-order chi connectivity index (χ0) is 20.6. The molecule has 4 rings (SSSR count). The Labute approximate surface area is 169 Å². The van der Waals surface area contributed by atoms with E-state index in [0.29, 0.717) is 42.6 Å². The van der Waals surface area contributed by atoms with Gasteiger partial charge >= 0.3 is 0 Å². The molecule has 1 saturated heterocycles. The highest BCUT2D eigenvalue weighted by Crippen LogP contribution is 2.27. The lowest BCUT2D eigenvalue weighted by Gasteiger charge is -2.32. The fraction of sp³-hybridized carbons (Fsp3) is 0.333. The van der Waals surface area contributed by atoms with Crippen molar-refractivity contribution in [3.63, 3.8) is 0 Å². The van der Waals surface area contributed by atoms with Gasteiger partial charge < -0.3 is 4.74 Å². The number of sulfonamides is 1. The van der Waals surface area contributed by atoms with Gasteiger partial charge in [-0.1, -0.05) is 11.6 Å². The Morgan fingerprint density at radius 3 is 2.41 bits per heavy atom. The van der Waals surface area contributed by atoms with E-state index in [1.54, 1.807) is 42.3 Å². The van der Waals surface area contributed by atoms with Crippen molar-refractivity contribution in [2.45, 2.75) is 30.7 Å². The van der Waals surface area contributed by atoms with Crippen LogP contribution in [0.15, 0.2) is 58.5 Å². The molecule has 0 atom stereocenters. The Hall–Kier alpha value is -2.71. The van der Waals surface area contributed by atoms with Crippen LogP contribution in [0.25, 0.3) is 10.9 Å². The van der Waals surface area contributed by atoms with E-state index in [2.05, 4.69) is 4.98 Å². The molecule has 0 N–H and O–H groups in total. The number of aryl methyl sites for hydroxylation is 1. The van der Waals surface area contributed by atoms with Crippen LogP contribution in [-0.2, 0) is 10.0 Å².